The summed E-state index contributed by atoms with van der Waals surface area (Å²) in [4.78, 5) is 19.3. The molecule has 3 heteroatoms. The SMILES string of the molecule is Cc1ccccc1Cc1nc2c(s1)C1=CC[C@@H]3[C@H](CC[C@]4(C)C(=O)CC[C@@H]34)[C@@]1(C)CC2. The third kappa shape index (κ3) is 2.81. The fraction of sp³-hybridized carbons (Fsp3) is 0.571. The normalized spacial score (nSPS) is 36.3. The zero-order valence-corrected chi connectivity index (χ0v) is 19.9. The molecule has 0 amide bonds. The van der Waals surface area contributed by atoms with Crippen LogP contribution in [0.5, 0.6) is 0 Å². The van der Waals surface area contributed by atoms with Gasteiger partial charge in [0.05, 0.1) is 15.6 Å². The van der Waals surface area contributed by atoms with Crippen LogP contribution < -0.4 is 0 Å². The van der Waals surface area contributed by atoms with Crippen molar-refractivity contribution in [2.75, 3.05) is 0 Å². The van der Waals surface area contributed by atoms with E-state index in [0.717, 1.165) is 44.4 Å². The topological polar surface area (TPSA) is 30.0 Å². The second-order valence-electron chi connectivity index (χ2n) is 11.1. The Morgan fingerprint density at radius 1 is 1.06 bits per heavy atom. The molecule has 162 valence electrons. The van der Waals surface area contributed by atoms with Gasteiger partial charge in [0, 0.05) is 18.3 Å². The molecule has 0 saturated heterocycles. The highest BCUT2D eigenvalue weighted by atomic mass is 32.1. The molecule has 1 aromatic heterocycles. The lowest BCUT2D eigenvalue weighted by atomic mass is 9.48. The van der Waals surface area contributed by atoms with Gasteiger partial charge in [0.2, 0.25) is 0 Å². The van der Waals surface area contributed by atoms with Crippen molar-refractivity contribution in [2.45, 2.75) is 72.1 Å². The highest BCUT2D eigenvalue weighted by molar-refractivity contribution is 7.13. The van der Waals surface area contributed by atoms with Gasteiger partial charge in [0.1, 0.15) is 5.78 Å². The molecule has 2 aromatic rings. The monoisotopic (exact) mass is 431 g/mol. The van der Waals surface area contributed by atoms with Gasteiger partial charge in [0.15, 0.2) is 0 Å². The molecule has 0 aliphatic heterocycles. The van der Waals surface area contributed by atoms with Crippen LogP contribution in [-0.2, 0) is 17.6 Å². The summed E-state index contributed by atoms with van der Waals surface area (Å²) in [7, 11) is 0. The third-order valence-corrected chi connectivity index (χ3v) is 10.8. The average molecular weight is 432 g/mol. The highest BCUT2D eigenvalue weighted by Gasteiger charge is 2.58. The number of nitrogens with zero attached hydrogens (tertiary/aromatic N) is 1. The second kappa shape index (κ2) is 6.88. The molecular formula is C28H33NOS. The second-order valence-corrected chi connectivity index (χ2v) is 12.1. The van der Waals surface area contributed by atoms with Gasteiger partial charge in [-0.15, -0.1) is 11.3 Å². The van der Waals surface area contributed by atoms with Crippen molar-refractivity contribution in [2.24, 2.45) is 28.6 Å². The maximum Gasteiger partial charge on any atom is 0.139 e. The Hall–Kier alpha value is -1.74. The van der Waals surface area contributed by atoms with E-state index in [-0.39, 0.29) is 10.8 Å². The van der Waals surface area contributed by atoms with Crippen LogP contribution in [0.15, 0.2) is 30.3 Å². The minimum atomic E-state index is -0.0338. The van der Waals surface area contributed by atoms with Gasteiger partial charge >= 0.3 is 0 Å². The number of carbonyl (C=O) groups excluding carboxylic acids is 1. The first-order chi connectivity index (χ1) is 14.9. The average Bonchev–Trinajstić information content (AvgIpc) is 3.29. The molecule has 4 aliphatic carbocycles. The summed E-state index contributed by atoms with van der Waals surface area (Å²) in [5.41, 5.74) is 5.91. The fourth-order valence-electron chi connectivity index (χ4n) is 7.74. The van der Waals surface area contributed by atoms with Crippen molar-refractivity contribution in [3.8, 4) is 0 Å². The van der Waals surface area contributed by atoms with Crippen LogP contribution in [0.25, 0.3) is 5.57 Å². The summed E-state index contributed by atoms with van der Waals surface area (Å²) in [5.74, 6) is 2.57. The van der Waals surface area contributed by atoms with E-state index in [4.69, 9.17) is 4.98 Å². The van der Waals surface area contributed by atoms with Gasteiger partial charge in [-0.1, -0.05) is 44.2 Å². The Labute approximate surface area is 190 Å². The van der Waals surface area contributed by atoms with E-state index in [1.165, 1.54) is 39.5 Å². The van der Waals surface area contributed by atoms with E-state index in [9.17, 15) is 4.79 Å². The zero-order chi connectivity index (χ0) is 21.4. The van der Waals surface area contributed by atoms with Crippen molar-refractivity contribution in [3.63, 3.8) is 0 Å². The number of hydrogen-bond donors (Lipinski definition) is 0. The van der Waals surface area contributed by atoms with Crippen LogP contribution >= 0.6 is 11.3 Å². The molecule has 2 fully saturated rings. The van der Waals surface area contributed by atoms with Crippen molar-refractivity contribution in [1.82, 2.24) is 4.98 Å². The van der Waals surface area contributed by atoms with Gasteiger partial charge in [-0.25, -0.2) is 4.98 Å². The number of rotatable bonds is 2. The molecule has 0 spiro atoms. The van der Waals surface area contributed by atoms with Crippen molar-refractivity contribution < 1.29 is 4.79 Å². The lowest BCUT2D eigenvalue weighted by Gasteiger charge is -2.55. The molecule has 0 N–H and O–H groups in total. The van der Waals surface area contributed by atoms with Crippen LogP contribution in [0, 0.1) is 35.5 Å². The number of Topliss-reactive ketones (excluding diaryl/α,β-unsaturated/α-hetero) is 1. The van der Waals surface area contributed by atoms with Gasteiger partial charge in [-0.2, -0.15) is 0 Å². The third-order valence-electron chi connectivity index (χ3n) is 9.64. The fourth-order valence-corrected chi connectivity index (χ4v) is 9.05. The van der Waals surface area contributed by atoms with E-state index < -0.39 is 0 Å². The summed E-state index contributed by atoms with van der Waals surface area (Å²) in [5, 5.41) is 1.27. The van der Waals surface area contributed by atoms with Gasteiger partial charge in [-0.3, -0.25) is 4.79 Å². The molecule has 1 aromatic carbocycles. The molecule has 6 rings (SSSR count). The van der Waals surface area contributed by atoms with E-state index in [0.29, 0.717) is 17.6 Å². The molecule has 0 unspecified atom stereocenters. The first kappa shape index (κ1) is 19.9. The summed E-state index contributed by atoms with van der Waals surface area (Å²) in [6.07, 6.45) is 11.3. The standard InChI is InChI=1S/C28H33NOS/c1-17-6-4-5-7-18(17)16-25-29-23-13-15-27(2)21-12-14-28(3)20(10-11-24(28)30)19(21)8-9-22(27)26(23)31-25/h4-7,9,19-21H,8,10-16H2,1-3H3/t19-,20-,21-,27+,28-/m0/s1. The highest BCUT2D eigenvalue weighted by Crippen LogP contribution is 2.65. The molecule has 0 bridgehead atoms. The smallest absolute Gasteiger partial charge is 0.139 e. The van der Waals surface area contributed by atoms with Crippen molar-refractivity contribution in [3.05, 3.63) is 57.0 Å². The van der Waals surface area contributed by atoms with Crippen LogP contribution in [0.2, 0.25) is 0 Å². The molecule has 5 atom stereocenters. The number of carbonyl (C=O) groups is 1. The summed E-state index contributed by atoms with van der Waals surface area (Å²) >= 11 is 1.95. The number of allylic oxidation sites excluding steroid dienone is 2. The minimum Gasteiger partial charge on any atom is -0.299 e. The maximum atomic E-state index is 12.7. The number of fused-ring (bicyclic) bond motifs is 7. The number of aromatic nitrogens is 1. The summed E-state index contributed by atoms with van der Waals surface area (Å²) in [6.45, 7) is 7.03. The zero-order valence-electron chi connectivity index (χ0n) is 19.0. The Kier molecular flexibility index (Phi) is 4.42. The first-order valence-electron chi connectivity index (χ1n) is 12.2. The molecule has 0 radical (unpaired) electrons. The lowest BCUT2D eigenvalue weighted by Crippen LogP contribution is -2.49. The number of benzene rings is 1. The molecule has 2 saturated carbocycles. The van der Waals surface area contributed by atoms with Gasteiger partial charge in [0.25, 0.3) is 0 Å². The molecule has 1 heterocycles. The molecule has 31 heavy (non-hydrogen) atoms. The Morgan fingerprint density at radius 2 is 1.87 bits per heavy atom. The maximum absolute atomic E-state index is 12.7. The molecule has 2 nitrogen and oxygen atoms in total. The predicted octanol–water partition coefficient (Wildman–Crippen LogP) is 6.79. The minimum absolute atomic E-state index is 0.0338. The van der Waals surface area contributed by atoms with Gasteiger partial charge < -0.3 is 0 Å². The quantitative estimate of drug-likeness (QED) is 0.524. The Morgan fingerprint density at radius 3 is 2.71 bits per heavy atom. The van der Waals surface area contributed by atoms with Crippen molar-refractivity contribution >= 4 is 22.7 Å². The number of ketones is 1. The van der Waals surface area contributed by atoms with E-state index in [1.807, 2.05) is 11.3 Å². The number of aryl methyl sites for hydroxylation is 2. The summed E-state index contributed by atoms with van der Waals surface area (Å²) in [6, 6.07) is 8.70. The number of hydrogen-bond acceptors (Lipinski definition) is 3. The van der Waals surface area contributed by atoms with E-state index >= 15 is 0 Å². The first-order valence-corrected chi connectivity index (χ1v) is 13.0. The van der Waals surface area contributed by atoms with Crippen LogP contribution in [-0.4, -0.2) is 10.8 Å². The van der Waals surface area contributed by atoms with Crippen LogP contribution in [0.1, 0.15) is 79.1 Å². The van der Waals surface area contributed by atoms with Crippen LogP contribution in [0.4, 0.5) is 0 Å². The Balaban J connectivity index is 1.34. The van der Waals surface area contributed by atoms with Crippen molar-refractivity contribution in [1.29, 1.82) is 0 Å². The van der Waals surface area contributed by atoms with Crippen LogP contribution in [0.3, 0.4) is 0 Å². The predicted molar refractivity (Wildman–Crippen MR) is 127 cm³/mol. The van der Waals surface area contributed by atoms with Gasteiger partial charge in [-0.05, 0) is 85.3 Å². The van der Waals surface area contributed by atoms with E-state index in [1.54, 1.807) is 5.57 Å². The summed E-state index contributed by atoms with van der Waals surface area (Å²) < 4.78 is 0. The number of thiazole rings is 1. The van der Waals surface area contributed by atoms with E-state index in [2.05, 4.69) is 51.1 Å². The molecule has 4 aliphatic rings. The molecular weight excluding hydrogens is 398 g/mol. The Bertz CT molecular complexity index is 1100. The lowest BCUT2D eigenvalue weighted by molar-refractivity contribution is -0.131. The largest absolute Gasteiger partial charge is 0.299 e.